The molecule has 0 spiro atoms. The van der Waals surface area contributed by atoms with Crippen molar-refractivity contribution in [2.24, 2.45) is 5.92 Å². The predicted molar refractivity (Wildman–Crippen MR) is 118 cm³/mol. The maximum atomic E-state index is 13.2. The Morgan fingerprint density at radius 3 is 2.38 bits per heavy atom. The second kappa shape index (κ2) is 12.2. The Labute approximate surface area is 209 Å². The number of hydrogen-bond acceptors (Lipinski definition) is 8. The van der Waals surface area contributed by atoms with E-state index >= 15 is 0 Å². The Morgan fingerprint density at radius 2 is 1.78 bits per heavy atom. The van der Waals surface area contributed by atoms with E-state index in [2.05, 4.69) is 20.7 Å². The highest BCUT2D eigenvalue weighted by Crippen LogP contribution is 2.30. The molecule has 3 heterocycles. The summed E-state index contributed by atoms with van der Waals surface area (Å²) in [6, 6.07) is -1.48. The summed E-state index contributed by atoms with van der Waals surface area (Å²) in [6.45, 7) is 3.40. The lowest BCUT2D eigenvalue weighted by atomic mass is 9.95. The van der Waals surface area contributed by atoms with Gasteiger partial charge in [-0.2, -0.15) is 26.3 Å². The first-order valence-corrected chi connectivity index (χ1v) is 11.7. The van der Waals surface area contributed by atoms with Crippen molar-refractivity contribution in [3.05, 3.63) is 18.0 Å². The van der Waals surface area contributed by atoms with Crippen LogP contribution in [0.15, 0.2) is 12.4 Å². The fourth-order valence-corrected chi connectivity index (χ4v) is 4.07. The molecule has 10 nitrogen and oxygen atoms in total. The van der Waals surface area contributed by atoms with E-state index in [1.54, 1.807) is 16.7 Å². The van der Waals surface area contributed by atoms with E-state index < -0.39 is 35.8 Å². The van der Waals surface area contributed by atoms with Crippen LogP contribution < -0.4 is 21.1 Å². The number of aromatic nitrogens is 2. The summed E-state index contributed by atoms with van der Waals surface area (Å²) in [5.41, 5.74) is 3.52. The molecule has 2 aliphatic rings. The second-order valence-electron chi connectivity index (χ2n) is 8.85. The number of nitrogens with one attached hydrogen (secondary N) is 3. The quantitative estimate of drug-likeness (QED) is 0.315. The lowest BCUT2D eigenvalue weighted by molar-refractivity contribution is -0.193. The Kier molecular flexibility index (Phi) is 9.52. The number of ether oxygens (including phenoxy) is 1. The molecule has 16 heteroatoms. The molecule has 3 N–H and O–H groups in total. The third-order valence-corrected chi connectivity index (χ3v) is 6.11. The normalized spacial score (nSPS) is 22.1. The number of alkyl halides is 6. The van der Waals surface area contributed by atoms with Crippen molar-refractivity contribution >= 4 is 17.8 Å². The molecule has 1 aromatic rings. The number of halogens is 6. The summed E-state index contributed by atoms with van der Waals surface area (Å²) in [5.74, 6) is -3.27. The highest BCUT2D eigenvalue weighted by atomic mass is 19.4. The van der Waals surface area contributed by atoms with Gasteiger partial charge in [-0.25, -0.2) is 15.4 Å². The lowest BCUT2D eigenvalue weighted by Crippen LogP contribution is -2.64. The van der Waals surface area contributed by atoms with Gasteiger partial charge in [0.2, 0.25) is 17.8 Å². The molecule has 1 aromatic heterocycles. The molecular weight excluding hydrogens is 512 g/mol. The third kappa shape index (κ3) is 8.13. The molecule has 0 aliphatic carbocycles. The van der Waals surface area contributed by atoms with E-state index in [0.29, 0.717) is 32.6 Å². The number of carbonyl (C=O) groups excluding carboxylic acids is 2. The zero-order valence-electron chi connectivity index (χ0n) is 20.0. The highest BCUT2D eigenvalue weighted by molar-refractivity contribution is 5.80. The van der Waals surface area contributed by atoms with Gasteiger partial charge in [-0.3, -0.25) is 15.0 Å². The van der Waals surface area contributed by atoms with Crippen LogP contribution in [0.3, 0.4) is 0 Å². The fourth-order valence-electron chi connectivity index (χ4n) is 4.07. The summed E-state index contributed by atoms with van der Waals surface area (Å²) < 4.78 is 83.0. The first-order valence-electron chi connectivity index (χ1n) is 11.7. The van der Waals surface area contributed by atoms with Gasteiger partial charge in [-0.15, -0.1) is 0 Å². The van der Waals surface area contributed by atoms with E-state index in [9.17, 15) is 35.9 Å². The van der Waals surface area contributed by atoms with Gasteiger partial charge in [0.15, 0.2) is 5.92 Å². The first kappa shape index (κ1) is 28.8. The zero-order chi connectivity index (χ0) is 27.2. The largest absolute Gasteiger partial charge is 0.419 e. The molecule has 208 valence electrons. The van der Waals surface area contributed by atoms with Crippen LogP contribution in [-0.4, -0.2) is 90.9 Å². The predicted octanol–water partition coefficient (Wildman–Crippen LogP) is 1.10. The maximum Gasteiger partial charge on any atom is 0.419 e. The minimum atomic E-state index is -4.67. The average Bonchev–Trinajstić information content (AvgIpc) is 2.82. The van der Waals surface area contributed by atoms with Gasteiger partial charge in [0, 0.05) is 63.8 Å². The number of carbonyl (C=O) groups is 2. The smallest absolute Gasteiger partial charge is 0.381 e. The van der Waals surface area contributed by atoms with Crippen molar-refractivity contribution in [3.63, 3.8) is 0 Å². The van der Waals surface area contributed by atoms with Crippen molar-refractivity contribution in [2.45, 2.75) is 44.2 Å². The van der Waals surface area contributed by atoms with Crippen LogP contribution in [0.2, 0.25) is 0 Å². The van der Waals surface area contributed by atoms with Gasteiger partial charge in [0.1, 0.15) is 0 Å². The van der Waals surface area contributed by atoms with Crippen molar-refractivity contribution in [1.29, 1.82) is 0 Å². The number of rotatable bonds is 9. The molecule has 3 atom stereocenters. The van der Waals surface area contributed by atoms with E-state index in [-0.39, 0.29) is 44.1 Å². The first-order chi connectivity index (χ1) is 17.4. The minimum Gasteiger partial charge on any atom is -0.381 e. The molecule has 2 amide bonds. The summed E-state index contributed by atoms with van der Waals surface area (Å²) in [4.78, 5) is 34.9. The monoisotopic (exact) mass is 541 g/mol. The van der Waals surface area contributed by atoms with Crippen LogP contribution >= 0.6 is 0 Å². The van der Waals surface area contributed by atoms with Crippen LogP contribution in [0.5, 0.6) is 0 Å². The standard InChI is InChI=1S/C21H29F6N7O3/c1-13(31-15-12-30-32-18(36)17(15)21(25,26)27)2-8-37-9-3-16(35)33-4-6-34(7-5-33)19-28-10-14(11-29-19)20(22,23)24/h10-11,13,15,17,30-31H,2-9,12H2,1H3,(H,32,36)/t13-,15?,17?/m0/s1. The number of anilines is 1. The third-order valence-electron chi connectivity index (χ3n) is 6.11. The van der Waals surface area contributed by atoms with Crippen LogP contribution in [0, 0.1) is 5.92 Å². The lowest BCUT2D eigenvalue weighted by Gasteiger charge is -2.35. The van der Waals surface area contributed by atoms with Gasteiger partial charge in [-0.05, 0) is 13.3 Å². The highest BCUT2D eigenvalue weighted by Gasteiger charge is 2.51. The molecule has 2 saturated heterocycles. The summed E-state index contributed by atoms with van der Waals surface area (Å²) in [6.07, 6.45) is -7.24. The van der Waals surface area contributed by atoms with E-state index in [0.717, 1.165) is 12.4 Å². The van der Waals surface area contributed by atoms with E-state index in [1.165, 1.54) is 0 Å². The Balaban J connectivity index is 1.32. The van der Waals surface area contributed by atoms with Crippen molar-refractivity contribution in [3.8, 4) is 0 Å². The van der Waals surface area contributed by atoms with Crippen molar-refractivity contribution in [1.82, 2.24) is 31.0 Å². The molecular formula is C21H29F6N7O3. The average molecular weight is 541 g/mol. The van der Waals surface area contributed by atoms with Gasteiger partial charge in [-0.1, -0.05) is 0 Å². The van der Waals surface area contributed by atoms with E-state index in [1.807, 2.05) is 5.43 Å². The van der Waals surface area contributed by atoms with Crippen LogP contribution in [0.4, 0.5) is 32.3 Å². The number of piperazine rings is 1. The summed E-state index contributed by atoms with van der Waals surface area (Å²) in [5, 5.41) is 2.82. The summed E-state index contributed by atoms with van der Waals surface area (Å²) >= 11 is 0. The van der Waals surface area contributed by atoms with Crippen molar-refractivity contribution < 1.29 is 40.7 Å². The molecule has 0 saturated carbocycles. The van der Waals surface area contributed by atoms with E-state index in [4.69, 9.17) is 4.74 Å². The van der Waals surface area contributed by atoms with Gasteiger partial charge in [0.25, 0.3) is 0 Å². The number of hydrogen-bond donors (Lipinski definition) is 3. The zero-order valence-corrected chi connectivity index (χ0v) is 20.0. The minimum absolute atomic E-state index is 0.0755. The molecule has 37 heavy (non-hydrogen) atoms. The fraction of sp³-hybridized carbons (Fsp3) is 0.714. The number of nitrogens with zero attached hydrogens (tertiary/aromatic N) is 4. The van der Waals surface area contributed by atoms with Gasteiger partial charge >= 0.3 is 12.4 Å². The topological polar surface area (TPSA) is 112 Å². The molecule has 2 fully saturated rings. The number of amides is 2. The summed E-state index contributed by atoms with van der Waals surface area (Å²) in [7, 11) is 0. The maximum absolute atomic E-state index is 13.2. The Bertz CT molecular complexity index is 907. The number of hydrazine groups is 1. The molecule has 0 bridgehead atoms. The Hall–Kier alpha value is -2.72. The van der Waals surface area contributed by atoms with Crippen molar-refractivity contribution in [2.75, 3.05) is 50.8 Å². The second-order valence-corrected chi connectivity index (χ2v) is 8.85. The Morgan fingerprint density at radius 1 is 1.14 bits per heavy atom. The molecule has 2 aliphatic heterocycles. The van der Waals surface area contributed by atoms with Crippen LogP contribution in [0.25, 0.3) is 0 Å². The SMILES string of the molecule is C[C@@H](CCOCCC(=O)N1CCN(c2ncc(C(F)(F)F)cn2)CC1)NC1CNNC(=O)C1C(F)(F)F. The molecule has 2 unspecified atom stereocenters. The van der Waals surface area contributed by atoms with Crippen LogP contribution in [0.1, 0.15) is 25.3 Å². The van der Waals surface area contributed by atoms with Gasteiger partial charge in [0.05, 0.1) is 18.6 Å². The van der Waals surface area contributed by atoms with Gasteiger partial charge < -0.3 is 19.9 Å². The molecule has 0 radical (unpaired) electrons. The molecule has 3 rings (SSSR count). The van der Waals surface area contributed by atoms with Crippen LogP contribution in [-0.2, 0) is 20.5 Å². The molecule has 0 aromatic carbocycles.